The van der Waals surface area contributed by atoms with E-state index in [0.717, 1.165) is 19.4 Å². The van der Waals surface area contributed by atoms with E-state index in [9.17, 15) is 14.0 Å². The third kappa shape index (κ3) is 4.04. The first-order valence-electron chi connectivity index (χ1n) is 7.36. The van der Waals surface area contributed by atoms with Gasteiger partial charge in [0.05, 0.1) is 6.10 Å². The predicted octanol–water partition coefficient (Wildman–Crippen LogP) is 2.09. The van der Waals surface area contributed by atoms with E-state index >= 15 is 0 Å². The van der Waals surface area contributed by atoms with Crippen LogP contribution in [0.1, 0.15) is 26.7 Å². The van der Waals surface area contributed by atoms with Crippen molar-refractivity contribution in [2.24, 2.45) is 5.41 Å². The maximum absolute atomic E-state index is 12.8. The van der Waals surface area contributed by atoms with Gasteiger partial charge in [0, 0.05) is 18.8 Å². The molecule has 2 amide bonds. The molecule has 0 aliphatic carbocycles. The Bertz CT molecular complexity index is 537. The van der Waals surface area contributed by atoms with Gasteiger partial charge in [-0.05, 0) is 51.0 Å². The van der Waals surface area contributed by atoms with Crippen LogP contribution in [0.15, 0.2) is 24.3 Å². The Labute approximate surface area is 129 Å². The molecule has 1 aliphatic rings. The Morgan fingerprint density at radius 2 is 1.95 bits per heavy atom. The molecule has 0 spiro atoms. The standard InChI is InChI=1S/C16H21FN2O3/c1-16(2,14(20)18-10-13-4-3-9-22-13)15(21)19-12-7-5-11(17)6-8-12/h5-8,13H,3-4,9-10H2,1-2H3,(H,18,20)(H,19,21). The Hall–Kier alpha value is -1.95. The van der Waals surface area contributed by atoms with Crippen LogP contribution in [0.2, 0.25) is 0 Å². The van der Waals surface area contributed by atoms with Gasteiger partial charge in [0.2, 0.25) is 11.8 Å². The summed E-state index contributed by atoms with van der Waals surface area (Å²) in [5.74, 6) is -1.18. The lowest BCUT2D eigenvalue weighted by atomic mass is 9.91. The molecule has 1 unspecified atom stereocenters. The maximum Gasteiger partial charge on any atom is 0.239 e. The second-order valence-electron chi connectivity index (χ2n) is 5.93. The maximum atomic E-state index is 12.8. The molecule has 6 heteroatoms. The van der Waals surface area contributed by atoms with Crippen molar-refractivity contribution >= 4 is 17.5 Å². The topological polar surface area (TPSA) is 67.4 Å². The molecule has 1 aromatic rings. The van der Waals surface area contributed by atoms with E-state index in [2.05, 4.69) is 10.6 Å². The third-order valence-electron chi connectivity index (χ3n) is 3.75. The molecule has 1 fully saturated rings. The molecule has 0 saturated carbocycles. The van der Waals surface area contributed by atoms with Crippen LogP contribution in [0, 0.1) is 11.2 Å². The monoisotopic (exact) mass is 308 g/mol. The van der Waals surface area contributed by atoms with Gasteiger partial charge in [-0.1, -0.05) is 0 Å². The second-order valence-corrected chi connectivity index (χ2v) is 5.93. The molecule has 0 aromatic heterocycles. The van der Waals surface area contributed by atoms with Crippen LogP contribution in [-0.2, 0) is 14.3 Å². The molecule has 5 nitrogen and oxygen atoms in total. The Kier molecular flexibility index (Phi) is 5.13. The Balaban J connectivity index is 1.90. The van der Waals surface area contributed by atoms with Gasteiger partial charge < -0.3 is 15.4 Å². The van der Waals surface area contributed by atoms with Crippen molar-refractivity contribution < 1.29 is 18.7 Å². The number of amides is 2. The summed E-state index contributed by atoms with van der Waals surface area (Å²) in [6, 6.07) is 5.40. The molecule has 2 N–H and O–H groups in total. The van der Waals surface area contributed by atoms with Crippen molar-refractivity contribution in [3.05, 3.63) is 30.1 Å². The first-order valence-corrected chi connectivity index (χ1v) is 7.36. The smallest absolute Gasteiger partial charge is 0.239 e. The van der Waals surface area contributed by atoms with Crippen LogP contribution in [0.25, 0.3) is 0 Å². The molecular weight excluding hydrogens is 287 g/mol. The van der Waals surface area contributed by atoms with Crippen LogP contribution in [0.5, 0.6) is 0 Å². The zero-order chi connectivity index (χ0) is 16.2. The van der Waals surface area contributed by atoms with Gasteiger partial charge in [0.25, 0.3) is 0 Å². The van der Waals surface area contributed by atoms with Crippen LogP contribution in [0.3, 0.4) is 0 Å². The number of carbonyl (C=O) groups is 2. The summed E-state index contributed by atoms with van der Waals surface area (Å²) in [7, 11) is 0. The van der Waals surface area contributed by atoms with Crippen molar-refractivity contribution in [1.82, 2.24) is 5.32 Å². The summed E-state index contributed by atoms with van der Waals surface area (Å²) in [4.78, 5) is 24.5. The minimum atomic E-state index is -1.23. The van der Waals surface area contributed by atoms with E-state index in [4.69, 9.17) is 4.74 Å². The quantitative estimate of drug-likeness (QED) is 0.819. The number of hydrogen-bond acceptors (Lipinski definition) is 3. The summed E-state index contributed by atoms with van der Waals surface area (Å²) >= 11 is 0. The van der Waals surface area contributed by atoms with Gasteiger partial charge in [0.1, 0.15) is 11.2 Å². The van der Waals surface area contributed by atoms with Crippen molar-refractivity contribution in [3.63, 3.8) is 0 Å². The van der Waals surface area contributed by atoms with Gasteiger partial charge in [-0.15, -0.1) is 0 Å². The van der Waals surface area contributed by atoms with Gasteiger partial charge in [0.15, 0.2) is 0 Å². The van der Waals surface area contributed by atoms with E-state index in [-0.39, 0.29) is 17.8 Å². The average Bonchev–Trinajstić information content (AvgIpc) is 3.00. The molecule has 1 atom stereocenters. The molecule has 1 aliphatic heterocycles. The van der Waals surface area contributed by atoms with Crippen LogP contribution >= 0.6 is 0 Å². The average molecular weight is 308 g/mol. The van der Waals surface area contributed by atoms with Gasteiger partial charge in [-0.3, -0.25) is 9.59 Å². The molecule has 1 aromatic carbocycles. The molecule has 22 heavy (non-hydrogen) atoms. The zero-order valence-corrected chi connectivity index (χ0v) is 12.8. The molecule has 120 valence electrons. The van der Waals surface area contributed by atoms with Crippen LogP contribution < -0.4 is 10.6 Å². The lowest BCUT2D eigenvalue weighted by Crippen LogP contribution is -2.47. The van der Waals surface area contributed by atoms with Crippen molar-refractivity contribution in [3.8, 4) is 0 Å². The summed E-state index contributed by atoms with van der Waals surface area (Å²) in [5, 5.41) is 5.38. The van der Waals surface area contributed by atoms with E-state index in [0.29, 0.717) is 12.2 Å². The number of nitrogens with one attached hydrogen (secondary N) is 2. The summed E-state index contributed by atoms with van der Waals surface area (Å²) in [6.45, 7) is 4.23. The normalized spacial score (nSPS) is 18.0. The first-order chi connectivity index (χ1) is 10.4. The predicted molar refractivity (Wildman–Crippen MR) is 80.8 cm³/mol. The fourth-order valence-corrected chi connectivity index (χ4v) is 2.16. The number of anilines is 1. The van der Waals surface area contributed by atoms with E-state index in [1.165, 1.54) is 24.3 Å². The number of ether oxygens (including phenoxy) is 1. The summed E-state index contributed by atoms with van der Waals surface area (Å²) in [5.41, 5.74) is -0.779. The lowest BCUT2D eigenvalue weighted by molar-refractivity contribution is -0.138. The zero-order valence-electron chi connectivity index (χ0n) is 12.8. The third-order valence-corrected chi connectivity index (χ3v) is 3.75. The largest absolute Gasteiger partial charge is 0.376 e. The highest BCUT2D eigenvalue weighted by Crippen LogP contribution is 2.20. The fraction of sp³-hybridized carbons (Fsp3) is 0.500. The molecule has 1 saturated heterocycles. The highest BCUT2D eigenvalue weighted by atomic mass is 19.1. The number of rotatable bonds is 5. The van der Waals surface area contributed by atoms with Crippen molar-refractivity contribution in [2.45, 2.75) is 32.8 Å². The number of benzene rings is 1. The van der Waals surface area contributed by atoms with E-state index in [1.807, 2.05) is 0 Å². The molecule has 2 rings (SSSR count). The second kappa shape index (κ2) is 6.87. The van der Waals surface area contributed by atoms with Crippen molar-refractivity contribution in [2.75, 3.05) is 18.5 Å². The van der Waals surface area contributed by atoms with Crippen molar-refractivity contribution in [1.29, 1.82) is 0 Å². The first kappa shape index (κ1) is 16.4. The highest BCUT2D eigenvalue weighted by molar-refractivity contribution is 6.09. The summed E-state index contributed by atoms with van der Waals surface area (Å²) < 4.78 is 18.3. The highest BCUT2D eigenvalue weighted by Gasteiger charge is 2.36. The fourth-order valence-electron chi connectivity index (χ4n) is 2.16. The Morgan fingerprint density at radius 1 is 1.27 bits per heavy atom. The van der Waals surface area contributed by atoms with Gasteiger partial charge in [-0.2, -0.15) is 0 Å². The minimum absolute atomic E-state index is 0.0277. The lowest BCUT2D eigenvalue weighted by Gasteiger charge is -2.23. The minimum Gasteiger partial charge on any atom is -0.376 e. The SMILES string of the molecule is CC(C)(C(=O)NCC1CCCO1)C(=O)Nc1ccc(F)cc1. The summed E-state index contributed by atoms with van der Waals surface area (Å²) in [6.07, 6.45) is 1.94. The number of carbonyl (C=O) groups excluding carboxylic acids is 2. The Morgan fingerprint density at radius 3 is 2.55 bits per heavy atom. The number of halogens is 1. The van der Waals surface area contributed by atoms with Crippen LogP contribution in [-0.4, -0.2) is 31.1 Å². The molecule has 0 bridgehead atoms. The van der Waals surface area contributed by atoms with Gasteiger partial charge in [-0.25, -0.2) is 4.39 Å². The molecule has 0 radical (unpaired) electrons. The number of hydrogen-bond donors (Lipinski definition) is 2. The van der Waals surface area contributed by atoms with E-state index in [1.54, 1.807) is 13.8 Å². The molecule has 1 heterocycles. The van der Waals surface area contributed by atoms with Crippen LogP contribution in [0.4, 0.5) is 10.1 Å². The van der Waals surface area contributed by atoms with Gasteiger partial charge >= 0.3 is 0 Å². The molecular formula is C16H21FN2O3. The van der Waals surface area contributed by atoms with E-state index < -0.39 is 11.3 Å².